The zero-order valence-corrected chi connectivity index (χ0v) is 9.06. The van der Waals surface area contributed by atoms with Crippen LogP contribution < -0.4 is 11.1 Å². The molecule has 0 radical (unpaired) electrons. The average molecular weight is 218 g/mol. The Morgan fingerprint density at radius 3 is 3.00 bits per heavy atom. The summed E-state index contributed by atoms with van der Waals surface area (Å²) in [6.45, 7) is 4.39. The average Bonchev–Trinajstić information content (AvgIpc) is 2.51. The number of rotatable bonds is 4. The maximum absolute atomic E-state index is 11.2. The van der Waals surface area contributed by atoms with Crippen molar-refractivity contribution in [2.24, 2.45) is 5.73 Å². The van der Waals surface area contributed by atoms with Gasteiger partial charge in [0.15, 0.2) is 12.5 Å². The summed E-state index contributed by atoms with van der Waals surface area (Å²) in [5.41, 5.74) is 5.35. The lowest BCUT2D eigenvalue weighted by Crippen LogP contribution is -2.38. The van der Waals surface area contributed by atoms with E-state index in [0.717, 1.165) is 0 Å². The molecule has 6 nitrogen and oxygen atoms in total. The highest BCUT2D eigenvalue weighted by molar-refractivity contribution is 5.67. The summed E-state index contributed by atoms with van der Waals surface area (Å²) in [4.78, 5) is 11.2. The molecule has 1 fully saturated rings. The van der Waals surface area contributed by atoms with Crippen molar-refractivity contribution >= 4 is 6.09 Å². The molecular weight excluding hydrogens is 200 g/mol. The highest BCUT2D eigenvalue weighted by Gasteiger charge is 2.27. The van der Waals surface area contributed by atoms with Crippen molar-refractivity contribution in [3.63, 3.8) is 0 Å². The van der Waals surface area contributed by atoms with Crippen LogP contribution in [-0.4, -0.2) is 37.9 Å². The van der Waals surface area contributed by atoms with Gasteiger partial charge in [0.05, 0.1) is 12.7 Å². The largest absolute Gasteiger partial charge is 0.447 e. The zero-order chi connectivity index (χ0) is 11.3. The highest BCUT2D eigenvalue weighted by atomic mass is 16.7. The molecule has 0 aliphatic carbocycles. The number of ether oxygens (including phenoxy) is 3. The Morgan fingerprint density at radius 2 is 2.40 bits per heavy atom. The van der Waals surface area contributed by atoms with Gasteiger partial charge >= 0.3 is 6.09 Å². The number of amides is 1. The molecular formula is C9H18N2O4. The van der Waals surface area contributed by atoms with E-state index in [2.05, 4.69) is 5.32 Å². The molecule has 0 saturated carbocycles. The molecule has 6 heteroatoms. The van der Waals surface area contributed by atoms with Crippen LogP contribution in [-0.2, 0) is 14.2 Å². The first kappa shape index (κ1) is 12.2. The number of nitrogens with one attached hydrogen (secondary N) is 1. The lowest BCUT2D eigenvalue weighted by molar-refractivity contribution is -0.0645. The fourth-order valence-corrected chi connectivity index (χ4v) is 1.20. The quantitative estimate of drug-likeness (QED) is 0.702. The van der Waals surface area contributed by atoms with Crippen molar-refractivity contribution in [1.82, 2.24) is 5.32 Å². The van der Waals surface area contributed by atoms with Crippen molar-refractivity contribution in [3.8, 4) is 0 Å². The third-order valence-corrected chi connectivity index (χ3v) is 1.77. The molecule has 0 bridgehead atoms. The SMILES string of the molecule is CC(C)OC(=O)NC1COC(CCN)O1. The van der Waals surface area contributed by atoms with Gasteiger partial charge in [-0.25, -0.2) is 4.79 Å². The van der Waals surface area contributed by atoms with E-state index < -0.39 is 12.3 Å². The van der Waals surface area contributed by atoms with Crippen LogP contribution in [0.5, 0.6) is 0 Å². The van der Waals surface area contributed by atoms with Crippen LogP contribution in [0.15, 0.2) is 0 Å². The Labute approximate surface area is 89.0 Å². The molecule has 3 N–H and O–H groups in total. The summed E-state index contributed by atoms with van der Waals surface area (Å²) in [5.74, 6) is 0. The van der Waals surface area contributed by atoms with Gasteiger partial charge in [0.2, 0.25) is 0 Å². The predicted octanol–water partition coefficient (Wildman–Crippen LogP) is 0.169. The summed E-state index contributed by atoms with van der Waals surface area (Å²) < 4.78 is 15.5. The van der Waals surface area contributed by atoms with Crippen molar-refractivity contribution < 1.29 is 19.0 Å². The monoisotopic (exact) mass is 218 g/mol. The first-order chi connectivity index (χ1) is 7.11. The van der Waals surface area contributed by atoms with Crippen LogP contribution >= 0.6 is 0 Å². The van der Waals surface area contributed by atoms with Gasteiger partial charge in [-0.15, -0.1) is 0 Å². The maximum atomic E-state index is 11.2. The van der Waals surface area contributed by atoms with Gasteiger partial charge in [-0.05, 0) is 20.4 Å². The smallest absolute Gasteiger partial charge is 0.409 e. The topological polar surface area (TPSA) is 82.8 Å². The number of alkyl carbamates (subject to hydrolysis) is 1. The number of nitrogens with two attached hydrogens (primary N) is 1. The predicted molar refractivity (Wildman–Crippen MR) is 53.0 cm³/mol. The fourth-order valence-electron chi connectivity index (χ4n) is 1.20. The fraction of sp³-hybridized carbons (Fsp3) is 0.889. The van der Waals surface area contributed by atoms with E-state index in [9.17, 15) is 4.79 Å². The second-order valence-corrected chi connectivity index (χ2v) is 3.56. The first-order valence-electron chi connectivity index (χ1n) is 5.06. The molecule has 15 heavy (non-hydrogen) atoms. The summed E-state index contributed by atoms with van der Waals surface area (Å²) in [6, 6.07) is 0. The van der Waals surface area contributed by atoms with Gasteiger partial charge in [0, 0.05) is 6.42 Å². The van der Waals surface area contributed by atoms with Crippen LogP contribution in [0.1, 0.15) is 20.3 Å². The van der Waals surface area contributed by atoms with Crippen LogP contribution in [0.4, 0.5) is 4.79 Å². The number of carbonyl (C=O) groups is 1. The Hall–Kier alpha value is -0.850. The van der Waals surface area contributed by atoms with Gasteiger partial charge in [-0.3, -0.25) is 5.32 Å². The van der Waals surface area contributed by atoms with E-state index in [1.54, 1.807) is 13.8 Å². The molecule has 0 aromatic carbocycles. The van der Waals surface area contributed by atoms with E-state index in [0.29, 0.717) is 19.6 Å². The van der Waals surface area contributed by atoms with E-state index in [1.807, 2.05) is 0 Å². The van der Waals surface area contributed by atoms with Crippen molar-refractivity contribution in [3.05, 3.63) is 0 Å². The third kappa shape index (κ3) is 4.46. The lowest BCUT2D eigenvalue weighted by atomic mass is 10.4. The van der Waals surface area contributed by atoms with Crippen molar-refractivity contribution in [2.45, 2.75) is 38.9 Å². The molecule has 0 aromatic rings. The summed E-state index contributed by atoms with van der Waals surface area (Å²) in [6.07, 6.45) is -0.775. The molecule has 88 valence electrons. The van der Waals surface area contributed by atoms with Crippen LogP contribution in [0.25, 0.3) is 0 Å². The molecule has 2 unspecified atom stereocenters. The Bertz CT molecular complexity index is 210. The van der Waals surface area contributed by atoms with Gasteiger partial charge < -0.3 is 19.9 Å². The Kier molecular flexibility index (Phi) is 4.80. The second kappa shape index (κ2) is 5.89. The van der Waals surface area contributed by atoms with Crippen LogP contribution in [0, 0.1) is 0 Å². The molecule has 1 aliphatic heterocycles. The van der Waals surface area contributed by atoms with Gasteiger partial charge in [-0.1, -0.05) is 0 Å². The Balaban J connectivity index is 2.20. The first-order valence-corrected chi connectivity index (χ1v) is 5.06. The molecule has 0 spiro atoms. The molecule has 1 aliphatic rings. The summed E-state index contributed by atoms with van der Waals surface area (Å²) >= 11 is 0. The third-order valence-electron chi connectivity index (χ3n) is 1.77. The minimum absolute atomic E-state index is 0.146. The number of carbonyl (C=O) groups excluding carboxylic acids is 1. The minimum Gasteiger partial charge on any atom is -0.447 e. The van der Waals surface area contributed by atoms with E-state index in [-0.39, 0.29) is 12.4 Å². The van der Waals surface area contributed by atoms with Gasteiger partial charge in [-0.2, -0.15) is 0 Å². The van der Waals surface area contributed by atoms with Crippen LogP contribution in [0.3, 0.4) is 0 Å². The summed E-state index contributed by atoms with van der Waals surface area (Å²) in [5, 5.41) is 2.55. The molecule has 1 rings (SSSR count). The lowest BCUT2D eigenvalue weighted by Gasteiger charge is -2.13. The summed E-state index contributed by atoms with van der Waals surface area (Å²) in [7, 11) is 0. The Morgan fingerprint density at radius 1 is 1.67 bits per heavy atom. The number of hydrogen-bond acceptors (Lipinski definition) is 5. The van der Waals surface area contributed by atoms with E-state index in [1.165, 1.54) is 0 Å². The maximum Gasteiger partial charge on any atom is 0.409 e. The molecule has 1 saturated heterocycles. The van der Waals surface area contributed by atoms with E-state index >= 15 is 0 Å². The van der Waals surface area contributed by atoms with Crippen molar-refractivity contribution in [2.75, 3.05) is 13.2 Å². The van der Waals surface area contributed by atoms with Crippen LogP contribution in [0.2, 0.25) is 0 Å². The molecule has 0 aromatic heterocycles. The second-order valence-electron chi connectivity index (χ2n) is 3.56. The normalized spacial score (nSPS) is 25.6. The van der Waals surface area contributed by atoms with Crippen molar-refractivity contribution in [1.29, 1.82) is 0 Å². The minimum atomic E-state index is -0.494. The molecule has 1 heterocycles. The van der Waals surface area contributed by atoms with Gasteiger partial charge in [0.25, 0.3) is 0 Å². The zero-order valence-electron chi connectivity index (χ0n) is 9.06. The standard InChI is InChI=1S/C9H18N2O4/c1-6(2)14-9(12)11-7-5-13-8(15-7)3-4-10/h6-8H,3-5,10H2,1-2H3,(H,11,12). The number of hydrogen-bond donors (Lipinski definition) is 2. The highest BCUT2D eigenvalue weighted by Crippen LogP contribution is 2.12. The van der Waals surface area contributed by atoms with Gasteiger partial charge in [0.1, 0.15) is 0 Å². The van der Waals surface area contributed by atoms with E-state index in [4.69, 9.17) is 19.9 Å². The molecule has 2 atom stereocenters. The molecule has 1 amide bonds.